The number of imide groups is 1. The minimum absolute atomic E-state index is 0.0435. The fourth-order valence-electron chi connectivity index (χ4n) is 2.98. The minimum Gasteiger partial charge on any atom is -0.446 e. The van der Waals surface area contributed by atoms with Crippen molar-refractivity contribution in [2.45, 2.75) is 44.6 Å². The highest BCUT2D eigenvalue weighted by molar-refractivity contribution is 6.13. The highest BCUT2D eigenvalue weighted by atomic mass is 16.6. The molecule has 0 saturated heterocycles. The molecule has 0 aromatic heterocycles. The zero-order valence-corrected chi connectivity index (χ0v) is 16.6. The van der Waals surface area contributed by atoms with Crippen LogP contribution in [0.3, 0.4) is 0 Å². The SMILES string of the molecule is O=C(CCN1C(=O)C=CC1=O)NCCOCCNC(=O)OC1CC/C=C/CCC1. The molecule has 9 heteroatoms. The first-order valence-electron chi connectivity index (χ1n) is 10.0. The fraction of sp³-hybridized carbons (Fsp3) is 0.600. The first-order valence-corrected chi connectivity index (χ1v) is 10.0. The smallest absolute Gasteiger partial charge is 0.407 e. The summed E-state index contributed by atoms with van der Waals surface area (Å²) in [7, 11) is 0. The van der Waals surface area contributed by atoms with Crippen LogP contribution in [0.15, 0.2) is 24.3 Å². The summed E-state index contributed by atoms with van der Waals surface area (Å²) in [4.78, 5) is 47.3. The molecule has 9 nitrogen and oxygen atoms in total. The molecule has 2 N–H and O–H groups in total. The van der Waals surface area contributed by atoms with Crippen molar-refractivity contribution in [3.05, 3.63) is 24.3 Å². The number of carbonyl (C=O) groups is 4. The van der Waals surface area contributed by atoms with Gasteiger partial charge in [-0.3, -0.25) is 19.3 Å². The van der Waals surface area contributed by atoms with Crippen molar-refractivity contribution in [1.29, 1.82) is 0 Å². The number of hydrogen-bond donors (Lipinski definition) is 2. The van der Waals surface area contributed by atoms with Gasteiger partial charge in [0.1, 0.15) is 6.10 Å². The van der Waals surface area contributed by atoms with Gasteiger partial charge >= 0.3 is 6.09 Å². The van der Waals surface area contributed by atoms with Crippen LogP contribution in [0.1, 0.15) is 38.5 Å². The van der Waals surface area contributed by atoms with Gasteiger partial charge in [0.05, 0.1) is 13.2 Å². The Morgan fingerprint density at radius 2 is 1.69 bits per heavy atom. The van der Waals surface area contributed by atoms with Gasteiger partial charge in [-0.2, -0.15) is 0 Å². The van der Waals surface area contributed by atoms with Crippen LogP contribution in [0.25, 0.3) is 0 Å². The third-order valence-electron chi connectivity index (χ3n) is 4.54. The first kappa shape index (κ1) is 22.6. The van der Waals surface area contributed by atoms with E-state index in [1.54, 1.807) is 0 Å². The molecule has 2 rings (SSSR count). The van der Waals surface area contributed by atoms with Crippen LogP contribution in [-0.2, 0) is 23.9 Å². The third-order valence-corrected chi connectivity index (χ3v) is 4.54. The summed E-state index contributed by atoms with van der Waals surface area (Å²) in [5, 5.41) is 5.31. The highest BCUT2D eigenvalue weighted by Crippen LogP contribution is 2.15. The van der Waals surface area contributed by atoms with Crippen LogP contribution in [0.2, 0.25) is 0 Å². The largest absolute Gasteiger partial charge is 0.446 e. The number of rotatable bonds is 10. The zero-order valence-electron chi connectivity index (χ0n) is 16.6. The van der Waals surface area contributed by atoms with E-state index in [4.69, 9.17) is 9.47 Å². The van der Waals surface area contributed by atoms with Gasteiger partial charge in [0.25, 0.3) is 11.8 Å². The van der Waals surface area contributed by atoms with Crippen LogP contribution in [0.4, 0.5) is 4.79 Å². The maximum Gasteiger partial charge on any atom is 0.407 e. The summed E-state index contributed by atoms with van der Waals surface area (Å²) in [5.41, 5.74) is 0. The molecule has 1 atom stereocenters. The molecular formula is C20H29N3O6. The predicted molar refractivity (Wildman–Crippen MR) is 105 cm³/mol. The van der Waals surface area contributed by atoms with E-state index >= 15 is 0 Å². The average Bonchev–Trinajstić information content (AvgIpc) is 2.99. The molecular weight excluding hydrogens is 378 g/mol. The maximum atomic E-state index is 11.8. The third kappa shape index (κ3) is 8.91. The first-order chi connectivity index (χ1) is 14.1. The number of amides is 4. The number of nitrogens with one attached hydrogen (secondary N) is 2. The van der Waals surface area contributed by atoms with Gasteiger partial charge in [-0.1, -0.05) is 12.2 Å². The summed E-state index contributed by atoms with van der Waals surface area (Å²) < 4.78 is 10.8. The van der Waals surface area contributed by atoms with Crippen molar-refractivity contribution in [2.24, 2.45) is 0 Å². The molecule has 29 heavy (non-hydrogen) atoms. The van der Waals surface area contributed by atoms with Crippen molar-refractivity contribution < 1.29 is 28.7 Å². The Hall–Kier alpha value is -2.68. The van der Waals surface area contributed by atoms with E-state index in [1.165, 1.54) is 12.2 Å². The predicted octanol–water partition coefficient (Wildman–Crippen LogP) is 1.05. The molecule has 0 bridgehead atoms. The summed E-state index contributed by atoms with van der Waals surface area (Å²) in [6.07, 6.45) is 10.9. The number of allylic oxidation sites excluding steroid dienone is 2. The average molecular weight is 407 g/mol. The Bertz CT molecular complexity index is 628. The van der Waals surface area contributed by atoms with E-state index in [0.717, 1.165) is 37.0 Å². The van der Waals surface area contributed by atoms with Crippen LogP contribution < -0.4 is 10.6 Å². The number of carbonyl (C=O) groups excluding carboxylic acids is 4. The topological polar surface area (TPSA) is 114 Å². The normalized spacial score (nSPS) is 20.1. The lowest BCUT2D eigenvalue weighted by Gasteiger charge is -2.18. The monoisotopic (exact) mass is 407 g/mol. The van der Waals surface area contributed by atoms with E-state index in [-0.39, 0.29) is 25.0 Å². The van der Waals surface area contributed by atoms with Gasteiger partial charge in [-0.05, 0) is 32.1 Å². The lowest BCUT2D eigenvalue weighted by molar-refractivity contribution is -0.137. The summed E-state index contributed by atoms with van der Waals surface area (Å²) in [6.45, 7) is 1.28. The standard InChI is InChI=1S/C20H29N3O6/c24-17(10-13-23-18(25)8-9-19(23)26)21-11-14-28-15-12-22-20(27)29-16-6-4-2-1-3-5-7-16/h1-2,8-9,16H,3-7,10-15H2,(H,21,24)(H,22,27)/b2-1+. The van der Waals surface area contributed by atoms with Crippen molar-refractivity contribution in [3.8, 4) is 0 Å². The van der Waals surface area contributed by atoms with Crippen LogP contribution >= 0.6 is 0 Å². The Kier molecular flexibility index (Phi) is 9.91. The van der Waals surface area contributed by atoms with E-state index in [1.807, 2.05) is 0 Å². The second kappa shape index (κ2) is 12.7. The summed E-state index contributed by atoms with van der Waals surface area (Å²) in [6, 6.07) is 0. The lowest BCUT2D eigenvalue weighted by Crippen LogP contribution is -2.35. The number of hydrogen-bond acceptors (Lipinski definition) is 6. The molecule has 0 saturated carbocycles. The minimum atomic E-state index is -0.433. The molecule has 0 spiro atoms. The molecule has 160 valence electrons. The van der Waals surface area contributed by atoms with Gasteiger partial charge in [-0.15, -0.1) is 0 Å². The van der Waals surface area contributed by atoms with Crippen molar-refractivity contribution in [1.82, 2.24) is 15.5 Å². The quantitative estimate of drug-likeness (QED) is 0.318. The molecule has 4 amide bonds. The molecule has 0 fully saturated rings. The Morgan fingerprint density at radius 3 is 2.45 bits per heavy atom. The van der Waals surface area contributed by atoms with Gasteiger partial charge in [0.15, 0.2) is 0 Å². The van der Waals surface area contributed by atoms with E-state index < -0.39 is 17.9 Å². The maximum absolute atomic E-state index is 11.8. The number of alkyl carbamates (subject to hydrolysis) is 1. The second-order valence-corrected chi connectivity index (χ2v) is 6.81. The Labute approximate surface area is 170 Å². The van der Waals surface area contributed by atoms with Crippen molar-refractivity contribution >= 4 is 23.8 Å². The van der Waals surface area contributed by atoms with E-state index in [2.05, 4.69) is 22.8 Å². The molecule has 1 aliphatic heterocycles. The summed E-state index contributed by atoms with van der Waals surface area (Å²) in [5.74, 6) is -1.07. The lowest BCUT2D eigenvalue weighted by atomic mass is 10.0. The van der Waals surface area contributed by atoms with Crippen LogP contribution in [0, 0.1) is 0 Å². The van der Waals surface area contributed by atoms with Crippen LogP contribution in [-0.4, -0.2) is 67.7 Å². The zero-order chi connectivity index (χ0) is 20.9. The van der Waals surface area contributed by atoms with Gasteiger partial charge < -0.3 is 20.1 Å². The van der Waals surface area contributed by atoms with Crippen LogP contribution in [0.5, 0.6) is 0 Å². The molecule has 0 aromatic rings. The molecule has 1 heterocycles. The second-order valence-electron chi connectivity index (χ2n) is 6.81. The highest BCUT2D eigenvalue weighted by Gasteiger charge is 2.23. The van der Waals surface area contributed by atoms with E-state index in [0.29, 0.717) is 26.3 Å². The molecule has 0 radical (unpaired) electrons. The molecule has 2 aliphatic rings. The van der Waals surface area contributed by atoms with Crippen molar-refractivity contribution in [3.63, 3.8) is 0 Å². The number of ether oxygens (including phenoxy) is 2. The van der Waals surface area contributed by atoms with Gasteiger partial charge in [0, 0.05) is 38.2 Å². The Morgan fingerprint density at radius 1 is 1.00 bits per heavy atom. The summed E-state index contributed by atoms with van der Waals surface area (Å²) >= 11 is 0. The Balaban J connectivity index is 1.43. The van der Waals surface area contributed by atoms with Crippen molar-refractivity contribution in [2.75, 3.05) is 32.8 Å². The number of nitrogens with zero attached hydrogens (tertiary/aromatic N) is 1. The van der Waals surface area contributed by atoms with Gasteiger partial charge in [0.2, 0.25) is 5.91 Å². The van der Waals surface area contributed by atoms with Gasteiger partial charge in [-0.25, -0.2) is 4.79 Å². The molecule has 0 aromatic carbocycles. The fourth-order valence-corrected chi connectivity index (χ4v) is 2.98. The van der Waals surface area contributed by atoms with E-state index in [9.17, 15) is 19.2 Å². The molecule has 1 aliphatic carbocycles. The molecule has 1 unspecified atom stereocenters.